The predicted molar refractivity (Wildman–Crippen MR) is 104 cm³/mol. The van der Waals surface area contributed by atoms with Gasteiger partial charge in [0.1, 0.15) is 5.69 Å². The second kappa shape index (κ2) is 8.01. The molecule has 1 amide bonds. The van der Waals surface area contributed by atoms with E-state index < -0.39 is 0 Å². The molecule has 0 unspecified atom stereocenters. The van der Waals surface area contributed by atoms with Gasteiger partial charge in [0, 0.05) is 41.5 Å². The summed E-state index contributed by atoms with van der Waals surface area (Å²) in [5.74, 6) is -0.297. The minimum absolute atomic E-state index is 0.297. The molecule has 1 saturated heterocycles. The number of aromatic nitrogens is 2. The van der Waals surface area contributed by atoms with Gasteiger partial charge in [-0.1, -0.05) is 0 Å². The molecule has 1 aliphatic rings. The number of anilines is 1. The number of hydrogen-bond donors (Lipinski definition) is 1. The largest absolute Gasteiger partial charge is 0.378 e. The summed E-state index contributed by atoms with van der Waals surface area (Å²) in [6.45, 7) is 11.4. The molecule has 8 heteroatoms. The van der Waals surface area contributed by atoms with E-state index in [1.54, 1.807) is 11.6 Å². The van der Waals surface area contributed by atoms with Crippen LogP contribution in [0.25, 0.3) is 0 Å². The molecule has 0 atom stereocenters. The van der Waals surface area contributed by atoms with Crippen LogP contribution in [0.1, 0.15) is 47.3 Å². The number of amides is 1. The SMILES string of the molecule is Cc1cc(/C=N\NC(=O)c2csc(N3CCOCC3)n2)c(C)n1C(C)C. The fourth-order valence-electron chi connectivity index (χ4n) is 3.21. The summed E-state index contributed by atoms with van der Waals surface area (Å²) < 4.78 is 7.59. The number of carbonyl (C=O) groups excluding carboxylic acids is 1. The molecule has 0 spiro atoms. The van der Waals surface area contributed by atoms with E-state index in [1.165, 1.54) is 17.0 Å². The Balaban J connectivity index is 1.63. The van der Waals surface area contributed by atoms with Crippen molar-refractivity contribution in [3.05, 3.63) is 34.1 Å². The number of thiazole rings is 1. The van der Waals surface area contributed by atoms with Crippen molar-refractivity contribution in [2.45, 2.75) is 33.7 Å². The van der Waals surface area contributed by atoms with Crippen LogP contribution < -0.4 is 10.3 Å². The molecular formula is C18H25N5O2S. The van der Waals surface area contributed by atoms with E-state index in [4.69, 9.17) is 4.74 Å². The molecule has 140 valence electrons. The van der Waals surface area contributed by atoms with E-state index >= 15 is 0 Å². The summed E-state index contributed by atoms with van der Waals surface area (Å²) in [4.78, 5) is 18.8. The van der Waals surface area contributed by atoms with Crippen LogP contribution >= 0.6 is 11.3 Å². The van der Waals surface area contributed by atoms with E-state index in [2.05, 4.69) is 58.7 Å². The summed E-state index contributed by atoms with van der Waals surface area (Å²) >= 11 is 1.47. The van der Waals surface area contributed by atoms with Crippen LogP contribution in [0, 0.1) is 13.8 Å². The summed E-state index contributed by atoms with van der Waals surface area (Å²) in [7, 11) is 0. The molecule has 3 heterocycles. The molecule has 3 rings (SSSR count). The number of carbonyl (C=O) groups is 1. The first-order chi connectivity index (χ1) is 12.5. The van der Waals surface area contributed by atoms with Crippen molar-refractivity contribution in [1.82, 2.24) is 15.0 Å². The Morgan fingerprint density at radius 3 is 2.77 bits per heavy atom. The Kier molecular flexibility index (Phi) is 5.73. The number of morpholine rings is 1. The van der Waals surface area contributed by atoms with Gasteiger partial charge in [0.2, 0.25) is 0 Å². The normalized spacial score (nSPS) is 15.2. The molecule has 7 nitrogen and oxygen atoms in total. The van der Waals surface area contributed by atoms with Gasteiger partial charge in [-0.15, -0.1) is 11.3 Å². The molecule has 0 saturated carbocycles. The van der Waals surface area contributed by atoms with Crippen LogP contribution in [-0.2, 0) is 4.74 Å². The van der Waals surface area contributed by atoms with Crippen LogP contribution in [-0.4, -0.2) is 48.0 Å². The van der Waals surface area contributed by atoms with Crippen molar-refractivity contribution < 1.29 is 9.53 Å². The number of hydrazone groups is 1. The lowest BCUT2D eigenvalue weighted by atomic mass is 10.2. The molecule has 0 radical (unpaired) electrons. The minimum atomic E-state index is -0.297. The maximum absolute atomic E-state index is 12.3. The second-order valence-corrected chi connectivity index (χ2v) is 7.44. The summed E-state index contributed by atoms with van der Waals surface area (Å²) in [5.41, 5.74) is 6.28. The van der Waals surface area contributed by atoms with Gasteiger partial charge in [-0.2, -0.15) is 5.10 Å². The first kappa shape index (κ1) is 18.6. The lowest BCUT2D eigenvalue weighted by molar-refractivity contribution is 0.0951. The van der Waals surface area contributed by atoms with Gasteiger partial charge in [0.25, 0.3) is 5.91 Å². The Hall–Kier alpha value is -2.19. The van der Waals surface area contributed by atoms with Crippen molar-refractivity contribution in [2.75, 3.05) is 31.2 Å². The zero-order valence-corrected chi connectivity index (χ0v) is 16.5. The molecule has 2 aromatic rings. The maximum Gasteiger partial charge on any atom is 0.290 e. The van der Waals surface area contributed by atoms with Crippen LogP contribution in [0.15, 0.2) is 16.5 Å². The number of nitrogens with one attached hydrogen (secondary N) is 1. The Morgan fingerprint density at radius 2 is 2.12 bits per heavy atom. The third kappa shape index (κ3) is 3.96. The van der Waals surface area contributed by atoms with Crippen molar-refractivity contribution in [1.29, 1.82) is 0 Å². The molecule has 2 aromatic heterocycles. The van der Waals surface area contributed by atoms with Gasteiger partial charge in [-0.05, 0) is 33.8 Å². The van der Waals surface area contributed by atoms with Crippen molar-refractivity contribution in [3.8, 4) is 0 Å². The zero-order valence-electron chi connectivity index (χ0n) is 15.7. The van der Waals surface area contributed by atoms with Gasteiger partial charge in [0.05, 0.1) is 19.4 Å². The van der Waals surface area contributed by atoms with E-state index in [9.17, 15) is 4.79 Å². The monoisotopic (exact) mass is 375 g/mol. The topological polar surface area (TPSA) is 71.8 Å². The Bertz CT molecular complexity index is 803. The molecular weight excluding hydrogens is 350 g/mol. The zero-order chi connectivity index (χ0) is 18.7. The first-order valence-electron chi connectivity index (χ1n) is 8.77. The predicted octanol–water partition coefficient (Wildman–Crippen LogP) is 2.74. The number of rotatable bonds is 5. The van der Waals surface area contributed by atoms with Gasteiger partial charge < -0.3 is 14.2 Å². The second-order valence-electron chi connectivity index (χ2n) is 6.60. The Labute approximate surface area is 157 Å². The molecule has 1 fully saturated rings. The van der Waals surface area contributed by atoms with E-state index in [0.717, 1.165) is 29.5 Å². The highest BCUT2D eigenvalue weighted by molar-refractivity contribution is 7.13. The minimum Gasteiger partial charge on any atom is -0.378 e. The van der Waals surface area contributed by atoms with E-state index in [-0.39, 0.29) is 5.91 Å². The van der Waals surface area contributed by atoms with Gasteiger partial charge >= 0.3 is 0 Å². The van der Waals surface area contributed by atoms with Gasteiger partial charge in [0.15, 0.2) is 5.13 Å². The van der Waals surface area contributed by atoms with E-state index in [0.29, 0.717) is 24.9 Å². The number of hydrogen-bond acceptors (Lipinski definition) is 6. The molecule has 0 aliphatic carbocycles. The molecule has 26 heavy (non-hydrogen) atoms. The van der Waals surface area contributed by atoms with Crippen molar-refractivity contribution in [3.63, 3.8) is 0 Å². The summed E-state index contributed by atoms with van der Waals surface area (Å²) in [6.07, 6.45) is 1.69. The standard InChI is InChI=1S/C18H25N5O2S/c1-12(2)23-13(3)9-15(14(23)4)10-19-21-17(24)16-11-26-18(20-16)22-5-7-25-8-6-22/h9-12H,5-8H2,1-4H3,(H,21,24)/b19-10-. The number of ether oxygens (including phenoxy) is 1. The molecule has 0 aromatic carbocycles. The van der Waals surface area contributed by atoms with Crippen molar-refractivity contribution >= 4 is 28.6 Å². The molecule has 1 aliphatic heterocycles. The lowest BCUT2D eigenvalue weighted by Gasteiger charge is -2.25. The van der Waals surface area contributed by atoms with E-state index in [1.807, 2.05) is 0 Å². The average Bonchev–Trinajstić information content (AvgIpc) is 3.21. The molecule has 0 bridgehead atoms. The van der Waals surface area contributed by atoms with Gasteiger partial charge in [-0.3, -0.25) is 4.79 Å². The third-order valence-corrected chi connectivity index (χ3v) is 5.32. The highest BCUT2D eigenvalue weighted by Gasteiger charge is 2.17. The van der Waals surface area contributed by atoms with Gasteiger partial charge in [-0.25, -0.2) is 10.4 Å². The van der Waals surface area contributed by atoms with Crippen LogP contribution in [0.3, 0.4) is 0 Å². The fourth-order valence-corrected chi connectivity index (χ4v) is 4.07. The fraction of sp³-hybridized carbons (Fsp3) is 0.500. The van der Waals surface area contributed by atoms with Crippen molar-refractivity contribution in [2.24, 2.45) is 5.10 Å². The summed E-state index contributed by atoms with van der Waals surface area (Å²) in [5, 5.41) is 6.72. The highest BCUT2D eigenvalue weighted by Crippen LogP contribution is 2.21. The first-order valence-corrected chi connectivity index (χ1v) is 9.65. The number of nitrogens with zero attached hydrogens (tertiary/aromatic N) is 4. The quantitative estimate of drug-likeness (QED) is 0.644. The number of aryl methyl sites for hydroxylation is 1. The van der Waals surface area contributed by atoms with Crippen LogP contribution in [0.5, 0.6) is 0 Å². The third-order valence-electron chi connectivity index (χ3n) is 4.42. The summed E-state index contributed by atoms with van der Waals surface area (Å²) in [6, 6.07) is 2.46. The maximum atomic E-state index is 12.3. The Morgan fingerprint density at radius 1 is 1.38 bits per heavy atom. The highest BCUT2D eigenvalue weighted by atomic mass is 32.1. The van der Waals surface area contributed by atoms with Crippen LogP contribution in [0.2, 0.25) is 0 Å². The molecule has 1 N–H and O–H groups in total. The smallest absolute Gasteiger partial charge is 0.290 e. The lowest BCUT2D eigenvalue weighted by Crippen LogP contribution is -2.36. The average molecular weight is 375 g/mol. The van der Waals surface area contributed by atoms with Crippen LogP contribution in [0.4, 0.5) is 5.13 Å².